The molecule has 2 rings (SSSR count). The Hall–Kier alpha value is -0.860. The minimum Gasteiger partial charge on any atom is -0.339 e. The number of rotatable bonds is 5. The number of piperazine rings is 1. The van der Waals surface area contributed by atoms with E-state index < -0.39 is 16.1 Å². The van der Waals surface area contributed by atoms with Gasteiger partial charge in [-0.05, 0) is 18.6 Å². The van der Waals surface area contributed by atoms with Gasteiger partial charge in [0.15, 0.2) is 0 Å². The fourth-order valence-electron chi connectivity index (χ4n) is 2.64. The van der Waals surface area contributed by atoms with Gasteiger partial charge in [0.1, 0.15) is 4.90 Å². The second kappa shape index (κ2) is 8.01. The van der Waals surface area contributed by atoms with E-state index in [1.165, 1.54) is 16.4 Å². The molecule has 1 aliphatic heterocycles. The standard InChI is InChI=1S/C15H21Cl2N3O3S/c1-2-4-12(18)15(21)19-7-9-20(10-8-19)24(22,23)13-6-3-5-11(16)14(13)17/h3,5-6,12H,2,4,7-10,18H2,1H3. The van der Waals surface area contributed by atoms with Crippen LogP contribution in [0.15, 0.2) is 23.1 Å². The topological polar surface area (TPSA) is 83.7 Å². The summed E-state index contributed by atoms with van der Waals surface area (Å²) in [6.45, 7) is 3.00. The average molecular weight is 394 g/mol. The van der Waals surface area contributed by atoms with Crippen molar-refractivity contribution < 1.29 is 13.2 Å². The summed E-state index contributed by atoms with van der Waals surface area (Å²) in [6.07, 6.45) is 1.45. The molecule has 1 aromatic rings. The van der Waals surface area contributed by atoms with Gasteiger partial charge in [-0.3, -0.25) is 4.79 Å². The molecule has 0 saturated carbocycles. The predicted octanol–water partition coefficient (Wildman–Crippen LogP) is 1.95. The highest BCUT2D eigenvalue weighted by molar-refractivity contribution is 7.89. The van der Waals surface area contributed by atoms with Gasteiger partial charge in [-0.15, -0.1) is 0 Å². The highest BCUT2D eigenvalue weighted by atomic mass is 35.5. The zero-order valence-electron chi connectivity index (χ0n) is 13.4. The molecule has 0 aromatic heterocycles. The number of nitrogens with two attached hydrogens (primary N) is 1. The lowest BCUT2D eigenvalue weighted by molar-refractivity contribution is -0.133. The Kier molecular flexibility index (Phi) is 6.50. The van der Waals surface area contributed by atoms with Crippen LogP contribution in [0.1, 0.15) is 19.8 Å². The van der Waals surface area contributed by atoms with Crippen LogP contribution in [0.4, 0.5) is 0 Å². The second-order valence-corrected chi connectivity index (χ2v) is 8.37. The number of amides is 1. The van der Waals surface area contributed by atoms with Crippen molar-refractivity contribution in [3.63, 3.8) is 0 Å². The molecule has 1 fully saturated rings. The molecule has 1 saturated heterocycles. The largest absolute Gasteiger partial charge is 0.339 e. The van der Waals surface area contributed by atoms with Gasteiger partial charge in [0.05, 0.1) is 16.1 Å². The zero-order chi connectivity index (χ0) is 17.9. The molecule has 0 aliphatic carbocycles. The van der Waals surface area contributed by atoms with Crippen molar-refractivity contribution in [1.29, 1.82) is 0 Å². The molecule has 1 atom stereocenters. The molecule has 1 unspecified atom stereocenters. The molecular formula is C15H21Cl2N3O3S. The van der Waals surface area contributed by atoms with E-state index in [0.29, 0.717) is 19.5 Å². The maximum Gasteiger partial charge on any atom is 0.244 e. The van der Waals surface area contributed by atoms with Crippen LogP contribution in [0.25, 0.3) is 0 Å². The molecule has 1 aromatic carbocycles. The lowest BCUT2D eigenvalue weighted by Crippen LogP contribution is -2.54. The maximum atomic E-state index is 12.7. The number of carbonyl (C=O) groups is 1. The summed E-state index contributed by atoms with van der Waals surface area (Å²) in [5.74, 6) is -0.130. The number of halogens is 2. The van der Waals surface area contributed by atoms with E-state index in [0.717, 1.165) is 6.42 Å². The first kappa shape index (κ1) is 19.5. The Bertz CT molecular complexity index is 704. The zero-order valence-corrected chi connectivity index (χ0v) is 15.7. The number of sulfonamides is 1. The summed E-state index contributed by atoms with van der Waals surface area (Å²) in [5, 5.41) is 0.208. The molecule has 2 N–H and O–H groups in total. The van der Waals surface area contributed by atoms with Crippen molar-refractivity contribution >= 4 is 39.1 Å². The van der Waals surface area contributed by atoms with Crippen molar-refractivity contribution in [2.45, 2.75) is 30.7 Å². The van der Waals surface area contributed by atoms with Gasteiger partial charge >= 0.3 is 0 Å². The number of nitrogens with zero attached hydrogens (tertiary/aromatic N) is 2. The summed E-state index contributed by atoms with van der Waals surface area (Å²) in [4.78, 5) is 13.8. The van der Waals surface area contributed by atoms with Crippen LogP contribution in [0, 0.1) is 0 Å². The molecule has 1 heterocycles. The van der Waals surface area contributed by atoms with E-state index in [4.69, 9.17) is 28.9 Å². The molecule has 0 radical (unpaired) electrons. The minimum atomic E-state index is -3.75. The van der Waals surface area contributed by atoms with E-state index in [2.05, 4.69) is 0 Å². The molecule has 24 heavy (non-hydrogen) atoms. The lowest BCUT2D eigenvalue weighted by atomic mass is 10.1. The summed E-state index contributed by atoms with van der Waals surface area (Å²) >= 11 is 11.9. The van der Waals surface area contributed by atoms with Gasteiger partial charge in [-0.1, -0.05) is 42.6 Å². The molecule has 134 valence electrons. The molecule has 6 nitrogen and oxygen atoms in total. The third-order valence-corrected chi connectivity index (χ3v) is 6.87. The summed E-state index contributed by atoms with van der Waals surface area (Å²) in [5.41, 5.74) is 5.85. The number of benzene rings is 1. The van der Waals surface area contributed by atoms with Crippen molar-refractivity contribution in [3.8, 4) is 0 Å². The lowest BCUT2D eigenvalue weighted by Gasteiger charge is -2.35. The van der Waals surface area contributed by atoms with Gasteiger partial charge < -0.3 is 10.6 Å². The fraction of sp³-hybridized carbons (Fsp3) is 0.533. The Morgan fingerprint density at radius 1 is 1.25 bits per heavy atom. The Labute approximate surface area is 152 Å². The molecule has 9 heteroatoms. The summed E-state index contributed by atoms with van der Waals surface area (Å²) in [7, 11) is -3.75. The fourth-order valence-corrected chi connectivity index (χ4v) is 4.80. The second-order valence-electron chi connectivity index (χ2n) is 5.68. The van der Waals surface area contributed by atoms with Crippen LogP contribution in [0.3, 0.4) is 0 Å². The molecular weight excluding hydrogens is 373 g/mol. The number of carbonyl (C=O) groups excluding carboxylic acids is 1. The third-order valence-electron chi connectivity index (χ3n) is 4.00. The van der Waals surface area contributed by atoms with Gasteiger partial charge in [0.2, 0.25) is 15.9 Å². The molecule has 0 spiro atoms. The monoisotopic (exact) mass is 393 g/mol. The van der Waals surface area contributed by atoms with Gasteiger partial charge in [-0.2, -0.15) is 4.31 Å². The molecule has 1 amide bonds. The van der Waals surface area contributed by atoms with E-state index in [1.807, 2.05) is 6.92 Å². The molecule has 0 bridgehead atoms. The number of hydrogen-bond acceptors (Lipinski definition) is 4. The summed E-state index contributed by atoms with van der Waals surface area (Å²) in [6, 6.07) is 3.98. The van der Waals surface area contributed by atoms with Gasteiger partial charge in [0, 0.05) is 26.2 Å². The van der Waals surface area contributed by atoms with Gasteiger partial charge in [0.25, 0.3) is 0 Å². The molecule has 1 aliphatic rings. The van der Waals surface area contributed by atoms with Gasteiger partial charge in [-0.25, -0.2) is 8.42 Å². The number of hydrogen-bond donors (Lipinski definition) is 1. The van der Waals surface area contributed by atoms with Crippen molar-refractivity contribution in [2.24, 2.45) is 5.73 Å². The Morgan fingerprint density at radius 2 is 1.88 bits per heavy atom. The Morgan fingerprint density at radius 3 is 2.46 bits per heavy atom. The minimum absolute atomic E-state index is 0.0147. The van der Waals surface area contributed by atoms with E-state index >= 15 is 0 Å². The Balaban J connectivity index is 2.09. The summed E-state index contributed by atoms with van der Waals surface area (Å²) < 4.78 is 26.8. The van der Waals surface area contributed by atoms with E-state index in [9.17, 15) is 13.2 Å². The van der Waals surface area contributed by atoms with Crippen LogP contribution in [0.2, 0.25) is 10.0 Å². The van der Waals surface area contributed by atoms with E-state index in [1.54, 1.807) is 11.0 Å². The van der Waals surface area contributed by atoms with E-state index in [-0.39, 0.29) is 33.9 Å². The van der Waals surface area contributed by atoms with Crippen molar-refractivity contribution in [2.75, 3.05) is 26.2 Å². The van der Waals surface area contributed by atoms with Crippen LogP contribution in [-0.2, 0) is 14.8 Å². The quantitative estimate of drug-likeness (QED) is 0.828. The SMILES string of the molecule is CCCC(N)C(=O)N1CCN(S(=O)(=O)c2cccc(Cl)c2Cl)CC1. The first-order chi connectivity index (χ1) is 11.3. The van der Waals surface area contributed by atoms with Crippen LogP contribution in [-0.4, -0.2) is 55.8 Å². The maximum absolute atomic E-state index is 12.7. The highest BCUT2D eigenvalue weighted by Crippen LogP contribution is 2.31. The average Bonchev–Trinajstić information content (AvgIpc) is 2.56. The smallest absolute Gasteiger partial charge is 0.244 e. The predicted molar refractivity (Wildman–Crippen MR) is 94.7 cm³/mol. The van der Waals surface area contributed by atoms with Crippen LogP contribution < -0.4 is 5.73 Å². The highest BCUT2D eigenvalue weighted by Gasteiger charge is 2.32. The third kappa shape index (κ3) is 4.03. The van der Waals surface area contributed by atoms with Crippen molar-refractivity contribution in [3.05, 3.63) is 28.2 Å². The normalized spacial score (nSPS) is 17.8. The van der Waals surface area contributed by atoms with Crippen molar-refractivity contribution in [1.82, 2.24) is 9.21 Å². The first-order valence-corrected chi connectivity index (χ1v) is 9.97. The van der Waals surface area contributed by atoms with Crippen LogP contribution in [0.5, 0.6) is 0 Å². The first-order valence-electron chi connectivity index (χ1n) is 7.77. The van der Waals surface area contributed by atoms with Crippen LogP contribution >= 0.6 is 23.2 Å².